The van der Waals surface area contributed by atoms with Crippen LogP contribution >= 0.6 is 35.6 Å². The van der Waals surface area contributed by atoms with Crippen molar-refractivity contribution in [2.75, 3.05) is 25.5 Å². The minimum absolute atomic E-state index is 0. The number of amides is 1. The largest absolute Gasteiger partial charge is 0.495 e. The molecule has 6 nitrogen and oxygen atoms in total. The molecule has 27 heavy (non-hydrogen) atoms. The molecule has 1 aliphatic heterocycles. The topological polar surface area (TPSA) is 80.0 Å². The maximum absolute atomic E-state index is 12.4. The lowest BCUT2D eigenvalue weighted by Gasteiger charge is -2.28. The summed E-state index contributed by atoms with van der Waals surface area (Å²) in [7, 11) is 1.55. The van der Waals surface area contributed by atoms with Crippen molar-refractivity contribution in [2.45, 2.75) is 13.0 Å². The summed E-state index contributed by atoms with van der Waals surface area (Å²) in [5.74, 6) is 0.697. The third-order valence-corrected chi connectivity index (χ3v) is 4.59. The molecule has 0 spiro atoms. The average Bonchev–Trinajstić information content (AvgIpc) is 2.66. The molecular formula is C19H22ClIN4O2. The molecular weight excluding hydrogens is 479 g/mol. The van der Waals surface area contributed by atoms with E-state index in [1.54, 1.807) is 25.3 Å². The van der Waals surface area contributed by atoms with Crippen LogP contribution in [0, 0.1) is 0 Å². The molecule has 0 fully saturated rings. The predicted octanol–water partition coefficient (Wildman–Crippen LogP) is 3.28. The molecule has 0 saturated carbocycles. The average molecular weight is 501 g/mol. The van der Waals surface area contributed by atoms with Crippen LogP contribution in [0.1, 0.15) is 11.1 Å². The van der Waals surface area contributed by atoms with Crippen LogP contribution in [0.2, 0.25) is 5.02 Å². The van der Waals surface area contributed by atoms with E-state index in [9.17, 15) is 4.79 Å². The van der Waals surface area contributed by atoms with Crippen LogP contribution in [-0.4, -0.2) is 37.0 Å². The molecule has 1 aliphatic rings. The van der Waals surface area contributed by atoms with E-state index in [0.717, 1.165) is 6.42 Å². The fourth-order valence-electron chi connectivity index (χ4n) is 2.89. The van der Waals surface area contributed by atoms with Gasteiger partial charge in [-0.2, -0.15) is 0 Å². The van der Waals surface area contributed by atoms with Crippen LogP contribution < -0.4 is 15.8 Å². The predicted molar refractivity (Wildman–Crippen MR) is 119 cm³/mol. The van der Waals surface area contributed by atoms with E-state index < -0.39 is 0 Å². The molecule has 0 saturated heterocycles. The number of carbonyl (C=O) groups is 1. The Hall–Kier alpha value is -2.00. The quantitative estimate of drug-likeness (QED) is 0.384. The van der Waals surface area contributed by atoms with Crippen molar-refractivity contribution >= 4 is 53.1 Å². The molecule has 1 heterocycles. The van der Waals surface area contributed by atoms with E-state index >= 15 is 0 Å². The zero-order valence-corrected chi connectivity index (χ0v) is 18.0. The van der Waals surface area contributed by atoms with Crippen molar-refractivity contribution in [2.24, 2.45) is 10.7 Å². The summed E-state index contributed by atoms with van der Waals surface area (Å²) in [5, 5.41) is 3.39. The lowest BCUT2D eigenvalue weighted by atomic mass is 10.00. The fourth-order valence-corrected chi connectivity index (χ4v) is 3.15. The smallest absolute Gasteiger partial charge is 0.244 e. The highest BCUT2D eigenvalue weighted by molar-refractivity contribution is 14.0. The number of nitrogens with one attached hydrogen (secondary N) is 1. The molecule has 0 aromatic heterocycles. The standard InChI is InChI=1S/C19H21ClN4O2.HI/c1-26-17-7-6-15(10-16(17)20)23-19(21)22-11-18(25)24-9-8-13-4-2-3-5-14(13)12-24;/h2-7,10H,8-9,11-12H2,1H3,(H3,21,22,23);1H. The summed E-state index contributed by atoms with van der Waals surface area (Å²) in [6.07, 6.45) is 0.865. The zero-order valence-electron chi connectivity index (χ0n) is 14.9. The van der Waals surface area contributed by atoms with Crippen molar-refractivity contribution in [1.82, 2.24) is 4.90 Å². The summed E-state index contributed by atoms with van der Waals surface area (Å²) in [6.45, 7) is 1.32. The Morgan fingerprint density at radius 1 is 1.30 bits per heavy atom. The molecule has 8 heteroatoms. The first-order valence-electron chi connectivity index (χ1n) is 8.32. The summed E-state index contributed by atoms with van der Waals surface area (Å²) in [5.41, 5.74) is 9.04. The Bertz CT molecular complexity index is 844. The molecule has 3 rings (SSSR count). The Morgan fingerprint density at radius 3 is 2.74 bits per heavy atom. The van der Waals surface area contributed by atoms with Gasteiger partial charge in [0.1, 0.15) is 12.3 Å². The second kappa shape index (κ2) is 9.80. The number of nitrogens with zero attached hydrogens (tertiary/aromatic N) is 2. The lowest BCUT2D eigenvalue weighted by Crippen LogP contribution is -2.38. The van der Waals surface area contributed by atoms with Crippen molar-refractivity contribution in [3.8, 4) is 5.75 Å². The lowest BCUT2D eigenvalue weighted by molar-refractivity contribution is -0.130. The monoisotopic (exact) mass is 500 g/mol. The first kappa shape index (κ1) is 21.3. The van der Waals surface area contributed by atoms with E-state index in [-0.39, 0.29) is 42.4 Å². The van der Waals surface area contributed by atoms with E-state index in [2.05, 4.69) is 22.4 Å². The van der Waals surface area contributed by atoms with Gasteiger partial charge in [0.25, 0.3) is 0 Å². The number of rotatable bonds is 4. The number of ether oxygens (including phenoxy) is 1. The van der Waals surface area contributed by atoms with Crippen LogP contribution in [0.15, 0.2) is 47.5 Å². The number of hydrogen-bond acceptors (Lipinski definition) is 3. The zero-order chi connectivity index (χ0) is 18.5. The Morgan fingerprint density at radius 2 is 2.04 bits per heavy atom. The molecule has 2 aromatic rings. The highest BCUT2D eigenvalue weighted by Crippen LogP contribution is 2.27. The minimum Gasteiger partial charge on any atom is -0.495 e. The molecule has 0 atom stereocenters. The molecule has 144 valence electrons. The van der Waals surface area contributed by atoms with E-state index in [4.69, 9.17) is 22.1 Å². The van der Waals surface area contributed by atoms with Crippen LogP contribution in [-0.2, 0) is 17.8 Å². The van der Waals surface area contributed by atoms with Crippen molar-refractivity contribution < 1.29 is 9.53 Å². The van der Waals surface area contributed by atoms with Gasteiger partial charge in [-0.25, -0.2) is 4.99 Å². The van der Waals surface area contributed by atoms with Gasteiger partial charge >= 0.3 is 0 Å². The van der Waals surface area contributed by atoms with Crippen molar-refractivity contribution in [3.05, 3.63) is 58.6 Å². The van der Waals surface area contributed by atoms with Crippen LogP contribution in [0.3, 0.4) is 0 Å². The highest BCUT2D eigenvalue weighted by atomic mass is 127. The SMILES string of the molecule is COc1ccc(NC(N)=NCC(=O)N2CCc3ccccc3C2)cc1Cl.I. The number of guanidine groups is 1. The summed E-state index contributed by atoms with van der Waals surface area (Å²) in [6, 6.07) is 13.4. The van der Waals surface area contributed by atoms with Crippen molar-refractivity contribution in [1.29, 1.82) is 0 Å². The second-order valence-corrected chi connectivity index (χ2v) is 6.42. The van der Waals surface area contributed by atoms with Gasteiger partial charge in [-0.05, 0) is 35.7 Å². The van der Waals surface area contributed by atoms with Crippen LogP contribution in [0.25, 0.3) is 0 Å². The number of hydrogen-bond donors (Lipinski definition) is 2. The summed E-state index contributed by atoms with van der Waals surface area (Å²) in [4.78, 5) is 18.3. The maximum Gasteiger partial charge on any atom is 0.244 e. The van der Waals surface area contributed by atoms with E-state index in [1.165, 1.54) is 11.1 Å². The summed E-state index contributed by atoms with van der Waals surface area (Å²) >= 11 is 6.08. The molecule has 3 N–H and O–H groups in total. The minimum atomic E-state index is -0.0444. The van der Waals surface area contributed by atoms with Gasteiger partial charge in [-0.3, -0.25) is 4.79 Å². The second-order valence-electron chi connectivity index (χ2n) is 6.01. The number of aliphatic imine (C=N–C) groups is 1. The maximum atomic E-state index is 12.4. The number of carbonyl (C=O) groups excluding carboxylic acids is 1. The number of methoxy groups -OCH3 is 1. The normalized spacial score (nSPS) is 13.4. The van der Waals surface area contributed by atoms with Crippen LogP contribution in [0.4, 0.5) is 5.69 Å². The molecule has 0 bridgehead atoms. The van der Waals surface area contributed by atoms with Gasteiger partial charge < -0.3 is 20.7 Å². The van der Waals surface area contributed by atoms with Crippen molar-refractivity contribution in [3.63, 3.8) is 0 Å². The van der Waals surface area contributed by atoms with E-state index in [0.29, 0.717) is 29.5 Å². The Kier molecular flexibility index (Phi) is 7.73. The van der Waals surface area contributed by atoms with Gasteiger partial charge in [-0.1, -0.05) is 35.9 Å². The first-order chi connectivity index (χ1) is 12.6. The number of nitrogens with two attached hydrogens (primary N) is 1. The third kappa shape index (κ3) is 5.49. The van der Waals surface area contributed by atoms with Crippen LogP contribution in [0.5, 0.6) is 5.75 Å². The van der Waals surface area contributed by atoms with Gasteiger partial charge in [0, 0.05) is 18.8 Å². The molecule has 0 radical (unpaired) electrons. The van der Waals surface area contributed by atoms with Gasteiger partial charge in [0.2, 0.25) is 5.91 Å². The molecule has 0 aliphatic carbocycles. The van der Waals surface area contributed by atoms with Gasteiger partial charge in [-0.15, -0.1) is 24.0 Å². The first-order valence-corrected chi connectivity index (χ1v) is 8.69. The highest BCUT2D eigenvalue weighted by Gasteiger charge is 2.19. The number of benzene rings is 2. The molecule has 2 aromatic carbocycles. The number of halogens is 2. The molecule has 1 amide bonds. The molecule has 0 unspecified atom stereocenters. The fraction of sp³-hybridized carbons (Fsp3) is 0.263. The number of anilines is 1. The number of fused-ring (bicyclic) bond motifs is 1. The van der Waals surface area contributed by atoms with E-state index in [1.807, 2.05) is 17.0 Å². The summed E-state index contributed by atoms with van der Waals surface area (Å²) < 4.78 is 5.10. The third-order valence-electron chi connectivity index (χ3n) is 4.29. The Balaban J connectivity index is 0.00000261. The Labute approximate surface area is 180 Å². The van der Waals surface area contributed by atoms with Gasteiger partial charge in [0.15, 0.2) is 5.96 Å². The van der Waals surface area contributed by atoms with Gasteiger partial charge in [0.05, 0.1) is 12.1 Å².